The highest BCUT2D eigenvalue weighted by Crippen LogP contribution is 2.42. The summed E-state index contributed by atoms with van der Waals surface area (Å²) in [6.07, 6.45) is 0.968. The third-order valence-corrected chi connectivity index (χ3v) is 3.70. The highest BCUT2D eigenvalue weighted by atomic mass is 16.5. The number of ether oxygens (including phenoxy) is 2. The second-order valence-corrected chi connectivity index (χ2v) is 5.18. The minimum absolute atomic E-state index is 0.0836. The molecule has 2 N–H and O–H groups in total. The first-order valence-corrected chi connectivity index (χ1v) is 6.86. The second-order valence-electron chi connectivity index (χ2n) is 5.18. The van der Waals surface area contributed by atoms with Gasteiger partial charge < -0.3 is 15.2 Å². The second kappa shape index (κ2) is 5.17. The van der Waals surface area contributed by atoms with Crippen LogP contribution in [0.15, 0.2) is 36.4 Å². The zero-order valence-electron chi connectivity index (χ0n) is 11.8. The van der Waals surface area contributed by atoms with Crippen molar-refractivity contribution in [2.24, 2.45) is 5.73 Å². The summed E-state index contributed by atoms with van der Waals surface area (Å²) in [6.45, 7) is 2.65. The topological polar surface area (TPSA) is 44.5 Å². The molecule has 1 aliphatic heterocycles. The maximum atomic E-state index is 6.02. The van der Waals surface area contributed by atoms with E-state index in [1.807, 2.05) is 18.2 Å². The maximum Gasteiger partial charge on any atom is 0.131 e. The third kappa shape index (κ3) is 2.14. The molecule has 0 fully saturated rings. The molecule has 3 nitrogen and oxygen atoms in total. The van der Waals surface area contributed by atoms with Gasteiger partial charge in [-0.15, -0.1) is 0 Å². The Morgan fingerprint density at radius 1 is 1.25 bits per heavy atom. The van der Waals surface area contributed by atoms with E-state index in [2.05, 4.69) is 25.1 Å². The largest absolute Gasteiger partial charge is 0.496 e. The molecular formula is C17H19NO2. The lowest BCUT2D eigenvalue weighted by molar-refractivity contribution is 0.242. The van der Waals surface area contributed by atoms with Gasteiger partial charge in [-0.1, -0.05) is 24.3 Å². The summed E-state index contributed by atoms with van der Waals surface area (Å²) in [7, 11) is 1.69. The zero-order chi connectivity index (χ0) is 14.1. The summed E-state index contributed by atoms with van der Waals surface area (Å²) in [4.78, 5) is 0. The SMILES string of the molecule is COc1ccccc1-c1cc(C)cc2c1O[C@H](CN)C2. The molecule has 1 atom stereocenters. The summed E-state index contributed by atoms with van der Waals surface area (Å²) in [5.41, 5.74) is 10.4. The predicted octanol–water partition coefficient (Wildman–Crippen LogP) is 2.93. The summed E-state index contributed by atoms with van der Waals surface area (Å²) >= 11 is 0. The molecule has 0 aliphatic carbocycles. The number of methoxy groups -OCH3 is 1. The lowest BCUT2D eigenvalue weighted by Gasteiger charge is -2.14. The number of benzene rings is 2. The first-order chi connectivity index (χ1) is 9.72. The Morgan fingerprint density at radius 2 is 2.05 bits per heavy atom. The highest BCUT2D eigenvalue weighted by molar-refractivity contribution is 5.78. The minimum atomic E-state index is 0.0836. The van der Waals surface area contributed by atoms with Crippen molar-refractivity contribution in [3.63, 3.8) is 0 Å². The molecule has 3 rings (SSSR count). The average Bonchev–Trinajstić information content (AvgIpc) is 2.89. The van der Waals surface area contributed by atoms with E-state index in [0.29, 0.717) is 6.54 Å². The fourth-order valence-corrected chi connectivity index (χ4v) is 2.79. The van der Waals surface area contributed by atoms with Crippen LogP contribution >= 0.6 is 0 Å². The zero-order valence-corrected chi connectivity index (χ0v) is 11.8. The van der Waals surface area contributed by atoms with Crippen LogP contribution in [-0.2, 0) is 6.42 Å². The van der Waals surface area contributed by atoms with Gasteiger partial charge in [0.1, 0.15) is 17.6 Å². The maximum absolute atomic E-state index is 6.02. The average molecular weight is 269 g/mol. The summed E-state index contributed by atoms with van der Waals surface area (Å²) in [5.74, 6) is 1.82. The Balaban J connectivity index is 2.16. The van der Waals surface area contributed by atoms with Gasteiger partial charge in [0.25, 0.3) is 0 Å². The van der Waals surface area contributed by atoms with Crippen molar-refractivity contribution < 1.29 is 9.47 Å². The van der Waals surface area contributed by atoms with Gasteiger partial charge in [-0.2, -0.15) is 0 Å². The normalized spacial score (nSPS) is 16.6. The van der Waals surface area contributed by atoms with E-state index in [0.717, 1.165) is 29.0 Å². The number of hydrogen-bond donors (Lipinski definition) is 1. The van der Waals surface area contributed by atoms with E-state index in [4.69, 9.17) is 15.2 Å². The van der Waals surface area contributed by atoms with Crippen LogP contribution in [0.5, 0.6) is 11.5 Å². The summed E-state index contributed by atoms with van der Waals surface area (Å²) in [6, 6.07) is 12.4. The molecule has 1 aliphatic rings. The van der Waals surface area contributed by atoms with Gasteiger partial charge in [-0.3, -0.25) is 0 Å². The molecule has 0 unspecified atom stereocenters. The van der Waals surface area contributed by atoms with Crippen molar-refractivity contribution in [3.05, 3.63) is 47.5 Å². The molecule has 0 radical (unpaired) electrons. The van der Waals surface area contributed by atoms with Crippen LogP contribution in [-0.4, -0.2) is 19.8 Å². The highest BCUT2D eigenvalue weighted by Gasteiger charge is 2.26. The molecule has 0 saturated carbocycles. The van der Waals surface area contributed by atoms with Crippen LogP contribution in [0.2, 0.25) is 0 Å². The third-order valence-electron chi connectivity index (χ3n) is 3.70. The number of fused-ring (bicyclic) bond motifs is 1. The Bertz CT molecular complexity index is 637. The fraction of sp³-hybridized carbons (Fsp3) is 0.294. The molecule has 0 spiro atoms. The van der Waals surface area contributed by atoms with Crippen LogP contribution in [0, 0.1) is 6.92 Å². The van der Waals surface area contributed by atoms with Crippen molar-refractivity contribution in [2.75, 3.05) is 13.7 Å². The standard InChI is InChI=1S/C17H19NO2/c1-11-7-12-9-13(10-18)20-17(12)15(8-11)14-5-3-4-6-16(14)19-2/h3-8,13H,9-10,18H2,1-2H3/t13-/m0/s1. The van der Waals surface area contributed by atoms with E-state index in [1.165, 1.54) is 11.1 Å². The van der Waals surface area contributed by atoms with Gasteiger partial charge in [0.05, 0.1) is 7.11 Å². The Kier molecular flexibility index (Phi) is 3.36. The number of rotatable bonds is 3. The van der Waals surface area contributed by atoms with E-state index in [9.17, 15) is 0 Å². The Hall–Kier alpha value is -2.00. The van der Waals surface area contributed by atoms with Crippen LogP contribution < -0.4 is 15.2 Å². The van der Waals surface area contributed by atoms with Crippen molar-refractivity contribution in [2.45, 2.75) is 19.4 Å². The Labute approximate surface area is 119 Å². The summed E-state index contributed by atoms with van der Waals surface area (Å²) < 4.78 is 11.5. The molecule has 104 valence electrons. The molecule has 1 heterocycles. The van der Waals surface area contributed by atoms with Crippen LogP contribution in [0.25, 0.3) is 11.1 Å². The van der Waals surface area contributed by atoms with E-state index in [1.54, 1.807) is 7.11 Å². The first-order valence-electron chi connectivity index (χ1n) is 6.86. The minimum Gasteiger partial charge on any atom is -0.496 e. The van der Waals surface area contributed by atoms with Gasteiger partial charge in [0.2, 0.25) is 0 Å². The van der Waals surface area contributed by atoms with Gasteiger partial charge in [0.15, 0.2) is 0 Å². The molecule has 0 aromatic heterocycles. The predicted molar refractivity (Wildman–Crippen MR) is 80.3 cm³/mol. The van der Waals surface area contributed by atoms with E-state index in [-0.39, 0.29) is 6.10 Å². The Morgan fingerprint density at radius 3 is 2.80 bits per heavy atom. The monoisotopic (exact) mass is 269 g/mol. The molecule has 0 saturated heterocycles. The molecule has 20 heavy (non-hydrogen) atoms. The number of nitrogens with two attached hydrogens (primary N) is 1. The van der Waals surface area contributed by atoms with Crippen molar-refractivity contribution in [1.82, 2.24) is 0 Å². The quantitative estimate of drug-likeness (QED) is 0.931. The smallest absolute Gasteiger partial charge is 0.131 e. The molecule has 2 aromatic carbocycles. The lowest BCUT2D eigenvalue weighted by atomic mass is 9.97. The van der Waals surface area contributed by atoms with Crippen molar-refractivity contribution >= 4 is 0 Å². The molecule has 2 aromatic rings. The molecule has 3 heteroatoms. The van der Waals surface area contributed by atoms with Gasteiger partial charge in [-0.05, 0) is 30.2 Å². The van der Waals surface area contributed by atoms with Gasteiger partial charge in [-0.25, -0.2) is 0 Å². The number of para-hydroxylation sites is 1. The first kappa shape index (κ1) is 13.0. The summed E-state index contributed by atoms with van der Waals surface area (Å²) in [5, 5.41) is 0. The van der Waals surface area contributed by atoms with Crippen molar-refractivity contribution in [1.29, 1.82) is 0 Å². The van der Waals surface area contributed by atoms with Crippen LogP contribution in [0.1, 0.15) is 11.1 Å². The van der Waals surface area contributed by atoms with Crippen molar-refractivity contribution in [3.8, 4) is 22.6 Å². The van der Waals surface area contributed by atoms with Gasteiger partial charge in [0, 0.05) is 24.1 Å². The number of aryl methyl sites for hydroxylation is 1. The van der Waals surface area contributed by atoms with E-state index >= 15 is 0 Å². The van der Waals surface area contributed by atoms with Gasteiger partial charge >= 0.3 is 0 Å². The van der Waals surface area contributed by atoms with Crippen LogP contribution in [0.3, 0.4) is 0 Å². The molecule has 0 amide bonds. The van der Waals surface area contributed by atoms with E-state index < -0.39 is 0 Å². The fourth-order valence-electron chi connectivity index (χ4n) is 2.79. The molecule has 0 bridgehead atoms. The lowest BCUT2D eigenvalue weighted by Crippen LogP contribution is -2.24. The van der Waals surface area contributed by atoms with Crippen LogP contribution in [0.4, 0.5) is 0 Å². The molecular weight excluding hydrogens is 250 g/mol. The number of hydrogen-bond acceptors (Lipinski definition) is 3.